The van der Waals surface area contributed by atoms with Crippen LogP contribution in [0.3, 0.4) is 0 Å². The van der Waals surface area contributed by atoms with Gasteiger partial charge in [-0.25, -0.2) is 4.79 Å². The second-order valence-corrected chi connectivity index (χ2v) is 4.54. The van der Waals surface area contributed by atoms with E-state index in [1.165, 1.54) is 7.11 Å². The Morgan fingerprint density at radius 3 is 2.79 bits per heavy atom. The summed E-state index contributed by atoms with van der Waals surface area (Å²) in [6, 6.07) is -0.251. The highest BCUT2D eigenvalue weighted by atomic mass is 16.5. The molecule has 0 saturated carbocycles. The van der Waals surface area contributed by atoms with Gasteiger partial charge in [0.15, 0.2) is 0 Å². The Hall–Kier alpha value is -1.79. The SMILES string of the molecule is COC(=O)C1CCCN(C(=O)NCCCC(=O)O)C1. The van der Waals surface area contributed by atoms with Crippen LogP contribution in [0, 0.1) is 5.92 Å². The summed E-state index contributed by atoms with van der Waals surface area (Å²) in [5, 5.41) is 11.1. The van der Waals surface area contributed by atoms with Crippen molar-refractivity contribution in [3.63, 3.8) is 0 Å². The Labute approximate surface area is 111 Å². The Morgan fingerprint density at radius 1 is 1.42 bits per heavy atom. The van der Waals surface area contributed by atoms with Gasteiger partial charge in [-0.2, -0.15) is 0 Å². The van der Waals surface area contributed by atoms with Gasteiger partial charge in [-0.3, -0.25) is 9.59 Å². The summed E-state index contributed by atoms with van der Waals surface area (Å²) >= 11 is 0. The highest BCUT2D eigenvalue weighted by Gasteiger charge is 2.28. The van der Waals surface area contributed by atoms with Gasteiger partial charge in [0.05, 0.1) is 13.0 Å². The van der Waals surface area contributed by atoms with E-state index < -0.39 is 5.97 Å². The number of piperidine rings is 1. The highest BCUT2D eigenvalue weighted by molar-refractivity contribution is 5.77. The Morgan fingerprint density at radius 2 is 2.16 bits per heavy atom. The summed E-state index contributed by atoms with van der Waals surface area (Å²) in [6.07, 6.45) is 1.93. The molecule has 2 amide bonds. The molecule has 0 radical (unpaired) electrons. The van der Waals surface area contributed by atoms with Crippen LogP contribution in [0.4, 0.5) is 4.79 Å². The molecule has 0 aromatic heterocycles. The molecule has 1 saturated heterocycles. The zero-order chi connectivity index (χ0) is 14.3. The van der Waals surface area contributed by atoms with E-state index in [4.69, 9.17) is 5.11 Å². The normalized spacial score (nSPS) is 18.8. The lowest BCUT2D eigenvalue weighted by molar-refractivity contribution is -0.146. The van der Waals surface area contributed by atoms with E-state index in [9.17, 15) is 14.4 Å². The standard InChI is InChI=1S/C12H20N2O5/c1-19-11(17)9-4-3-7-14(8-9)12(18)13-6-2-5-10(15)16/h9H,2-8H2,1H3,(H,13,18)(H,15,16). The molecular weight excluding hydrogens is 252 g/mol. The van der Waals surface area contributed by atoms with Crippen LogP contribution in [0.25, 0.3) is 0 Å². The summed E-state index contributed by atoms with van der Waals surface area (Å²) in [5.41, 5.74) is 0. The number of carboxylic acids is 1. The second kappa shape index (κ2) is 7.60. The van der Waals surface area contributed by atoms with Crippen LogP contribution in [0.1, 0.15) is 25.7 Å². The molecule has 0 aromatic rings. The van der Waals surface area contributed by atoms with Gasteiger partial charge >= 0.3 is 18.0 Å². The number of hydrogen-bond donors (Lipinski definition) is 2. The number of methoxy groups -OCH3 is 1. The van der Waals surface area contributed by atoms with Crippen molar-refractivity contribution in [2.75, 3.05) is 26.7 Å². The number of carboxylic acid groups (broad SMARTS) is 1. The Bertz CT molecular complexity index is 345. The van der Waals surface area contributed by atoms with Gasteiger partial charge in [0.25, 0.3) is 0 Å². The predicted molar refractivity (Wildman–Crippen MR) is 66.6 cm³/mol. The first kappa shape index (κ1) is 15.3. The molecule has 7 heteroatoms. The molecule has 1 atom stereocenters. The van der Waals surface area contributed by atoms with Gasteiger partial charge in [-0.15, -0.1) is 0 Å². The van der Waals surface area contributed by atoms with Crippen LogP contribution in [-0.4, -0.2) is 54.7 Å². The van der Waals surface area contributed by atoms with E-state index in [-0.39, 0.29) is 24.3 Å². The molecule has 1 unspecified atom stereocenters. The lowest BCUT2D eigenvalue weighted by Crippen LogP contribution is -2.47. The van der Waals surface area contributed by atoms with Gasteiger partial charge in [-0.05, 0) is 19.3 Å². The van der Waals surface area contributed by atoms with E-state index in [1.54, 1.807) is 4.90 Å². The molecule has 0 aliphatic carbocycles. The van der Waals surface area contributed by atoms with E-state index in [0.29, 0.717) is 26.1 Å². The lowest BCUT2D eigenvalue weighted by Gasteiger charge is -2.31. The quantitative estimate of drug-likeness (QED) is 0.559. The first-order valence-electron chi connectivity index (χ1n) is 6.37. The topological polar surface area (TPSA) is 95.9 Å². The minimum atomic E-state index is -0.877. The molecule has 1 aliphatic rings. The number of aliphatic carboxylic acids is 1. The minimum absolute atomic E-state index is 0.0328. The van der Waals surface area contributed by atoms with Gasteiger partial charge in [0.1, 0.15) is 0 Å². The molecule has 0 aromatic carbocycles. The van der Waals surface area contributed by atoms with E-state index >= 15 is 0 Å². The molecule has 1 heterocycles. The maximum Gasteiger partial charge on any atom is 0.317 e. The predicted octanol–water partition coefficient (Wildman–Crippen LogP) is 0.446. The molecule has 0 bridgehead atoms. The molecule has 2 N–H and O–H groups in total. The van der Waals surface area contributed by atoms with Crippen molar-refractivity contribution >= 4 is 18.0 Å². The number of carbonyl (C=O) groups excluding carboxylic acids is 2. The van der Waals surface area contributed by atoms with Crippen LogP contribution in [0.5, 0.6) is 0 Å². The fraction of sp³-hybridized carbons (Fsp3) is 0.750. The number of rotatable bonds is 5. The van der Waals surface area contributed by atoms with Crippen molar-refractivity contribution in [1.82, 2.24) is 10.2 Å². The third-order valence-electron chi connectivity index (χ3n) is 3.09. The highest BCUT2D eigenvalue weighted by Crippen LogP contribution is 2.17. The van der Waals surface area contributed by atoms with Gasteiger partial charge in [0, 0.05) is 26.1 Å². The Balaban J connectivity index is 2.31. The number of amides is 2. The maximum absolute atomic E-state index is 11.8. The van der Waals surface area contributed by atoms with Crippen LogP contribution in [-0.2, 0) is 14.3 Å². The van der Waals surface area contributed by atoms with Crippen molar-refractivity contribution in [3.8, 4) is 0 Å². The molecule has 108 valence electrons. The zero-order valence-corrected chi connectivity index (χ0v) is 11.1. The average Bonchev–Trinajstić information content (AvgIpc) is 2.42. The van der Waals surface area contributed by atoms with Crippen LogP contribution < -0.4 is 5.32 Å². The van der Waals surface area contributed by atoms with E-state index in [2.05, 4.69) is 10.1 Å². The number of esters is 1. The smallest absolute Gasteiger partial charge is 0.317 e. The first-order chi connectivity index (χ1) is 9.04. The van der Waals surface area contributed by atoms with Gasteiger partial charge < -0.3 is 20.1 Å². The maximum atomic E-state index is 11.8. The molecule has 0 spiro atoms. The lowest BCUT2D eigenvalue weighted by atomic mass is 9.98. The average molecular weight is 272 g/mol. The van der Waals surface area contributed by atoms with E-state index in [1.807, 2.05) is 0 Å². The third-order valence-corrected chi connectivity index (χ3v) is 3.09. The Kier molecular flexibility index (Phi) is 6.11. The number of urea groups is 1. The van der Waals surface area contributed by atoms with Crippen molar-refractivity contribution in [2.45, 2.75) is 25.7 Å². The van der Waals surface area contributed by atoms with Crippen LogP contribution in [0.2, 0.25) is 0 Å². The number of nitrogens with zero attached hydrogens (tertiary/aromatic N) is 1. The van der Waals surface area contributed by atoms with Crippen molar-refractivity contribution in [3.05, 3.63) is 0 Å². The van der Waals surface area contributed by atoms with Gasteiger partial charge in [-0.1, -0.05) is 0 Å². The van der Waals surface area contributed by atoms with Crippen LogP contribution in [0.15, 0.2) is 0 Å². The zero-order valence-electron chi connectivity index (χ0n) is 11.1. The molecule has 1 rings (SSSR count). The monoisotopic (exact) mass is 272 g/mol. The largest absolute Gasteiger partial charge is 0.481 e. The summed E-state index contributed by atoms with van der Waals surface area (Å²) in [7, 11) is 1.34. The number of carbonyl (C=O) groups is 3. The third kappa shape index (κ3) is 5.15. The van der Waals surface area contributed by atoms with Crippen molar-refractivity contribution < 1.29 is 24.2 Å². The molecule has 7 nitrogen and oxygen atoms in total. The van der Waals surface area contributed by atoms with Crippen LogP contribution >= 0.6 is 0 Å². The summed E-state index contributed by atoms with van der Waals surface area (Å²) < 4.78 is 4.68. The minimum Gasteiger partial charge on any atom is -0.481 e. The first-order valence-corrected chi connectivity index (χ1v) is 6.37. The summed E-state index contributed by atoms with van der Waals surface area (Å²) in [4.78, 5) is 35.1. The number of likely N-dealkylation sites (tertiary alicyclic amines) is 1. The number of nitrogens with one attached hydrogen (secondary N) is 1. The molecule has 1 fully saturated rings. The fourth-order valence-electron chi connectivity index (χ4n) is 2.07. The summed E-state index contributed by atoms with van der Waals surface area (Å²) in [5.74, 6) is -1.43. The van der Waals surface area contributed by atoms with Crippen molar-refractivity contribution in [2.24, 2.45) is 5.92 Å². The number of hydrogen-bond acceptors (Lipinski definition) is 4. The molecular formula is C12H20N2O5. The van der Waals surface area contributed by atoms with Gasteiger partial charge in [0.2, 0.25) is 0 Å². The fourth-order valence-corrected chi connectivity index (χ4v) is 2.07. The summed E-state index contributed by atoms with van der Waals surface area (Å²) in [6.45, 7) is 1.29. The number of ether oxygens (including phenoxy) is 1. The molecule has 1 aliphatic heterocycles. The molecule has 19 heavy (non-hydrogen) atoms. The second-order valence-electron chi connectivity index (χ2n) is 4.54. The van der Waals surface area contributed by atoms with Crippen molar-refractivity contribution in [1.29, 1.82) is 0 Å². The van der Waals surface area contributed by atoms with E-state index in [0.717, 1.165) is 12.8 Å².